The second-order valence-corrected chi connectivity index (χ2v) is 1.90. The average Bonchev–Trinajstić information content (AvgIpc) is 1.90. The molecule has 0 spiro atoms. The first-order valence-corrected chi connectivity index (χ1v) is 2.77. The third-order valence-electron chi connectivity index (χ3n) is 0.868. The summed E-state index contributed by atoms with van der Waals surface area (Å²) in [6.07, 6.45) is 3.41. The van der Waals surface area contributed by atoms with Gasteiger partial charge in [-0.3, -0.25) is 10.9 Å². The van der Waals surface area contributed by atoms with Crippen LogP contribution in [0, 0.1) is 0 Å². The molecular formula is C4H7ClN4. The molecule has 0 aromatic rings. The summed E-state index contributed by atoms with van der Waals surface area (Å²) in [4.78, 5) is 0. The lowest BCUT2D eigenvalue weighted by Crippen LogP contribution is -2.40. The Kier molecular flexibility index (Phi) is 1.81. The van der Waals surface area contributed by atoms with E-state index in [1.807, 2.05) is 0 Å². The van der Waals surface area contributed by atoms with Crippen molar-refractivity contribution in [3.8, 4) is 0 Å². The number of nitrogens with one attached hydrogen (secondary N) is 3. The van der Waals surface area contributed by atoms with Gasteiger partial charge in [0.25, 0.3) is 0 Å². The van der Waals surface area contributed by atoms with Gasteiger partial charge in [0.15, 0.2) is 0 Å². The first-order chi connectivity index (χ1) is 4.33. The Labute approximate surface area is 57.7 Å². The Bertz CT molecular complexity index is 162. The SMILES string of the molecule is NNC1=CC=C(Cl)NN1. The van der Waals surface area contributed by atoms with Gasteiger partial charge in [0.1, 0.15) is 11.0 Å². The summed E-state index contributed by atoms with van der Waals surface area (Å²) in [6, 6.07) is 0. The van der Waals surface area contributed by atoms with Crippen molar-refractivity contribution < 1.29 is 0 Å². The molecule has 5 heteroatoms. The molecule has 0 aromatic heterocycles. The molecule has 0 aromatic carbocycles. The Hall–Kier alpha value is -0.870. The zero-order valence-electron chi connectivity index (χ0n) is 4.61. The summed E-state index contributed by atoms with van der Waals surface area (Å²) in [5.74, 6) is 5.74. The Balaban J connectivity index is 2.59. The standard InChI is InChI=1S/C4H7ClN4/c5-3-1-2-4(7-6)9-8-3/h1-2,7-9H,6H2. The van der Waals surface area contributed by atoms with Crippen LogP contribution in [-0.4, -0.2) is 0 Å². The quantitative estimate of drug-likeness (QED) is 0.228. The third-order valence-corrected chi connectivity index (χ3v) is 1.09. The number of hydrogen-bond donors (Lipinski definition) is 4. The van der Waals surface area contributed by atoms with Crippen molar-refractivity contribution >= 4 is 11.6 Å². The van der Waals surface area contributed by atoms with Gasteiger partial charge in [-0.15, -0.1) is 0 Å². The van der Waals surface area contributed by atoms with E-state index in [1.165, 1.54) is 0 Å². The average molecular weight is 147 g/mol. The molecule has 1 aliphatic rings. The van der Waals surface area contributed by atoms with E-state index in [1.54, 1.807) is 12.2 Å². The zero-order chi connectivity index (χ0) is 6.69. The molecule has 0 unspecified atom stereocenters. The summed E-state index contributed by atoms with van der Waals surface area (Å²) in [5.41, 5.74) is 7.75. The molecular weight excluding hydrogens is 140 g/mol. The van der Waals surface area contributed by atoms with Crippen LogP contribution < -0.4 is 22.1 Å². The van der Waals surface area contributed by atoms with Crippen molar-refractivity contribution in [1.29, 1.82) is 0 Å². The minimum atomic E-state index is 0.536. The molecule has 0 aliphatic carbocycles. The van der Waals surface area contributed by atoms with E-state index < -0.39 is 0 Å². The highest BCUT2D eigenvalue weighted by atomic mass is 35.5. The second-order valence-electron chi connectivity index (χ2n) is 1.49. The summed E-state index contributed by atoms with van der Waals surface area (Å²) >= 11 is 5.51. The normalized spacial score (nSPS) is 16.7. The summed E-state index contributed by atoms with van der Waals surface area (Å²) in [7, 11) is 0. The van der Waals surface area contributed by atoms with E-state index in [-0.39, 0.29) is 0 Å². The molecule has 5 N–H and O–H groups in total. The second kappa shape index (κ2) is 2.61. The molecule has 1 aliphatic heterocycles. The predicted octanol–water partition coefficient (Wildman–Crippen LogP) is -0.521. The van der Waals surface area contributed by atoms with Crippen molar-refractivity contribution in [1.82, 2.24) is 16.3 Å². The lowest BCUT2D eigenvalue weighted by Gasteiger charge is -2.14. The van der Waals surface area contributed by atoms with E-state index >= 15 is 0 Å². The topological polar surface area (TPSA) is 62.1 Å². The van der Waals surface area contributed by atoms with Gasteiger partial charge in [-0.2, -0.15) is 0 Å². The van der Waals surface area contributed by atoms with Crippen molar-refractivity contribution in [3.05, 3.63) is 23.1 Å². The van der Waals surface area contributed by atoms with Gasteiger partial charge < -0.3 is 5.43 Å². The molecule has 0 amide bonds. The minimum absolute atomic E-state index is 0.536. The van der Waals surface area contributed by atoms with Crippen LogP contribution in [0.3, 0.4) is 0 Å². The van der Waals surface area contributed by atoms with Gasteiger partial charge >= 0.3 is 0 Å². The van der Waals surface area contributed by atoms with Gasteiger partial charge in [-0.1, -0.05) is 11.6 Å². The molecule has 1 rings (SSSR count). The van der Waals surface area contributed by atoms with Gasteiger partial charge in [-0.05, 0) is 12.2 Å². The van der Waals surface area contributed by atoms with Crippen LogP contribution in [0.1, 0.15) is 0 Å². The van der Waals surface area contributed by atoms with E-state index in [2.05, 4.69) is 16.3 Å². The summed E-state index contributed by atoms with van der Waals surface area (Å²) < 4.78 is 0. The van der Waals surface area contributed by atoms with E-state index in [9.17, 15) is 0 Å². The minimum Gasteiger partial charge on any atom is -0.309 e. The fourth-order valence-electron chi connectivity index (χ4n) is 0.451. The fourth-order valence-corrected chi connectivity index (χ4v) is 0.561. The molecule has 0 fully saturated rings. The van der Waals surface area contributed by atoms with Crippen LogP contribution in [0.15, 0.2) is 23.1 Å². The number of nitrogens with two attached hydrogens (primary N) is 1. The lowest BCUT2D eigenvalue weighted by atomic mass is 10.5. The molecule has 0 radical (unpaired) electrons. The van der Waals surface area contributed by atoms with Crippen LogP contribution in [0.4, 0.5) is 0 Å². The molecule has 0 saturated carbocycles. The first-order valence-electron chi connectivity index (χ1n) is 2.39. The van der Waals surface area contributed by atoms with E-state index in [4.69, 9.17) is 17.4 Å². The van der Waals surface area contributed by atoms with Crippen LogP contribution >= 0.6 is 11.6 Å². The largest absolute Gasteiger partial charge is 0.309 e. The van der Waals surface area contributed by atoms with Crippen molar-refractivity contribution in [2.45, 2.75) is 0 Å². The monoisotopic (exact) mass is 146 g/mol. The molecule has 0 atom stereocenters. The maximum absolute atomic E-state index is 5.51. The zero-order valence-corrected chi connectivity index (χ0v) is 5.37. The molecule has 50 valence electrons. The summed E-state index contributed by atoms with van der Waals surface area (Å²) in [5, 5.41) is 0.536. The lowest BCUT2D eigenvalue weighted by molar-refractivity contribution is 0.636. The first kappa shape index (κ1) is 6.25. The number of hydrazine groups is 2. The molecule has 0 bridgehead atoms. The highest BCUT2D eigenvalue weighted by Gasteiger charge is 1.97. The van der Waals surface area contributed by atoms with Gasteiger partial charge in [0.2, 0.25) is 0 Å². The number of allylic oxidation sites excluding steroid dienone is 2. The third kappa shape index (κ3) is 1.51. The fraction of sp³-hybridized carbons (Fsp3) is 0. The number of hydrogen-bond acceptors (Lipinski definition) is 4. The van der Waals surface area contributed by atoms with Crippen molar-refractivity contribution in [3.63, 3.8) is 0 Å². The molecule has 0 saturated heterocycles. The van der Waals surface area contributed by atoms with Crippen LogP contribution in [-0.2, 0) is 0 Å². The number of rotatable bonds is 1. The Morgan fingerprint density at radius 1 is 1.44 bits per heavy atom. The highest BCUT2D eigenvalue weighted by molar-refractivity contribution is 6.29. The molecule has 1 heterocycles. The van der Waals surface area contributed by atoms with E-state index in [0.717, 1.165) is 0 Å². The van der Waals surface area contributed by atoms with Crippen LogP contribution in [0.25, 0.3) is 0 Å². The smallest absolute Gasteiger partial charge is 0.132 e. The van der Waals surface area contributed by atoms with Gasteiger partial charge in [-0.25, -0.2) is 5.84 Å². The number of halogens is 1. The van der Waals surface area contributed by atoms with Crippen molar-refractivity contribution in [2.75, 3.05) is 0 Å². The van der Waals surface area contributed by atoms with E-state index in [0.29, 0.717) is 11.0 Å². The maximum atomic E-state index is 5.51. The highest BCUT2D eigenvalue weighted by Crippen LogP contribution is 1.99. The van der Waals surface area contributed by atoms with Crippen LogP contribution in [0.2, 0.25) is 0 Å². The predicted molar refractivity (Wildman–Crippen MR) is 35.6 cm³/mol. The summed E-state index contributed by atoms with van der Waals surface area (Å²) in [6.45, 7) is 0. The van der Waals surface area contributed by atoms with Gasteiger partial charge in [0.05, 0.1) is 0 Å². The Morgan fingerprint density at radius 3 is 2.67 bits per heavy atom. The molecule has 4 nitrogen and oxygen atoms in total. The Morgan fingerprint density at radius 2 is 2.22 bits per heavy atom. The van der Waals surface area contributed by atoms with Gasteiger partial charge in [0, 0.05) is 0 Å². The van der Waals surface area contributed by atoms with Crippen molar-refractivity contribution in [2.24, 2.45) is 5.84 Å². The maximum Gasteiger partial charge on any atom is 0.132 e. The molecule has 9 heavy (non-hydrogen) atoms. The van der Waals surface area contributed by atoms with Crippen LogP contribution in [0.5, 0.6) is 0 Å².